The molecule has 0 atom stereocenters. The van der Waals surface area contributed by atoms with E-state index in [4.69, 9.17) is 0 Å². The SMILES string of the molecule is CN(CCO)c1cc(/C=C2\SC(=O)NC2=O)nc(N2CCN(c3cncnc3)CC2)n1. The van der Waals surface area contributed by atoms with Crippen molar-refractivity contribution in [3.05, 3.63) is 35.4 Å². The lowest BCUT2D eigenvalue weighted by Gasteiger charge is -2.36. The molecule has 2 aliphatic rings. The van der Waals surface area contributed by atoms with Crippen LogP contribution in [-0.4, -0.2) is 82.6 Å². The molecule has 0 saturated carbocycles. The molecule has 4 rings (SSSR count). The highest BCUT2D eigenvalue weighted by Gasteiger charge is 2.26. The Morgan fingerprint density at radius 3 is 2.52 bits per heavy atom. The summed E-state index contributed by atoms with van der Waals surface area (Å²) in [5.74, 6) is 0.728. The van der Waals surface area contributed by atoms with Gasteiger partial charge in [-0.1, -0.05) is 0 Å². The molecule has 2 saturated heterocycles. The minimum Gasteiger partial charge on any atom is -0.395 e. The van der Waals surface area contributed by atoms with Gasteiger partial charge in [0, 0.05) is 45.8 Å². The molecule has 0 aromatic carbocycles. The lowest BCUT2D eigenvalue weighted by atomic mass is 10.3. The number of aliphatic hydroxyl groups is 1. The highest BCUT2D eigenvalue weighted by atomic mass is 32.2. The molecule has 0 spiro atoms. The van der Waals surface area contributed by atoms with E-state index in [-0.39, 0.29) is 6.61 Å². The number of likely N-dealkylation sites (N-methyl/N-ethyl adjacent to an activating group) is 1. The Kier molecular flexibility index (Phi) is 6.28. The lowest BCUT2D eigenvalue weighted by molar-refractivity contribution is -0.115. The molecule has 0 radical (unpaired) electrons. The number of anilines is 3. The highest BCUT2D eigenvalue weighted by Crippen LogP contribution is 2.27. The van der Waals surface area contributed by atoms with Gasteiger partial charge >= 0.3 is 0 Å². The van der Waals surface area contributed by atoms with Gasteiger partial charge in [-0.25, -0.2) is 15.0 Å². The van der Waals surface area contributed by atoms with Crippen molar-refractivity contribution in [2.75, 3.05) is 61.1 Å². The fourth-order valence-electron chi connectivity index (χ4n) is 3.29. The Morgan fingerprint density at radius 2 is 1.87 bits per heavy atom. The van der Waals surface area contributed by atoms with Crippen LogP contribution in [0.2, 0.25) is 0 Å². The topological polar surface area (TPSA) is 128 Å². The summed E-state index contributed by atoms with van der Waals surface area (Å²) < 4.78 is 0. The van der Waals surface area contributed by atoms with Crippen molar-refractivity contribution in [1.82, 2.24) is 25.3 Å². The van der Waals surface area contributed by atoms with Gasteiger partial charge in [-0.3, -0.25) is 14.9 Å². The van der Waals surface area contributed by atoms with Crippen LogP contribution in [0.3, 0.4) is 0 Å². The van der Waals surface area contributed by atoms with Crippen molar-refractivity contribution in [3.8, 4) is 0 Å². The average Bonchev–Trinajstić information content (AvgIpc) is 3.11. The van der Waals surface area contributed by atoms with Crippen LogP contribution < -0.4 is 20.0 Å². The molecule has 162 valence electrons. The number of nitrogens with one attached hydrogen (secondary N) is 1. The summed E-state index contributed by atoms with van der Waals surface area (Å²) in [6.45, 7) is 3.31. The summed E-state index contributed by atoms with van der Waals surface area (Å²) in [6, 6.07) is 1.74. The van der Waals surface area contributed by atoms with Crippen molar-refractivity contribution in [2.45, 2.75) is 0 Å². The van der Waals surface area contributed by atoms with E-state index in [1.807, 2.05) is 11.9 Å². The number of carbonyl (C=O) groups is 2. The van der Waals surface area contributed by atoms with Crippen molar-refractivity contribution in [1.29, 1.82) is 0 Å². The number of carbonyl (C=O) groups excluding carboxylic acids is 2. The summed E-state index contributed by atoms with van der Waals surface area (Å²) in [5.41, 5.74) is 1.50. The number of hydrogen-bond donors (Lipinski definition) is 2. The normalized spacial score (nSPS) is 17.9. The Labute approximate surface area is 183 Å². The van der Waals surface area contributed by atoms with E-state index in [0.29, 0.717) is 42.0 Å². The van der Waals surface area contributed by atoms with Crippen LogP contribution in [0.4, 0.5) is 22.2 Å². The van der Waals surface area contributed by atoms with Crippen LogP contribution in [0.15, 0.2) is 29.7 Å². The zero-order chi connectivity index (χ0) is 21.8. The smallest absolute Gasteiger partial charge is 0.290 e. The number of nitrogens with zero attached hydrogens (tertiary/aromatic N) is 7. The predicted octanol–water partition coefficient (Wildman–Crippen LogP) is 0.346. The third-order valence-corrected chi connectivity index (χ3v) is 5.75. The van der Waals surface area contributed by atoms with Crippen molar-refractivity contribution >= 4 is 46.4 Å². The second-order valence-electron chi connectivity index (χ2n) is 7.02. The molecule has 0 bridgehead atoms. The first-order valence-corrected chi connectivity index (χ1v) is 10.6. The largest absolute Gasteiger partial charge is 0.395 e. The molecule has 2 aromatic heterocycles. The monoisotopic (exact) mass is 442 g/mol. The second kappa shape index (κ2) is 9.27. The number of imide groups is 1. The van der Waals surface area contributed by atoms with E-state index in [2.05, 4.69) is 35.1 Å². The molecule has 4 heterocycles. The summed E-state index contributed by atoms with van der Waals surface area (Å²) >= 11 is 0.848. The van der Waals surface area contributed by atoms with Gasteiger partial charge in [0.25, 0.3) is 11.1 Å². The molecule has 2 aromatic rings. The molecule has 12 heteroatoms. The molecule has 2 fully saturated rings. The average molecular weight is 443 g/mol. The maximum Gasteiger partial charge on any atom is 0.290 e. The Bertz CT molecular complexity index is 995. The minimum absolute atomic E-state index is 0.0170. The zero-order valence-electron chi connectivity index (χ0n) is 16.9. The van der Waals surface area contributed by atoms with Crippen LogP contribution in [0, 0.1) is 0 Å². The van der Waals surface area contributed by atoms with Gasteiger partial charge in [-0.05, 0) is 17.8 Å². The molecule has 0 aliphatic carbocycles. The van der Waals surface area contributed by atoms with Crippen molar-refractivity contribution in [2.24, 2.45) is 0 Å². The van der Waals surface area contributed by atoms with E-state index in [9.17, 15) is 14.7 Å². The first-order chi connectivity index (χ1) is 15.0. The molecule has 11 nitrogen and oxygen atoms in total. The minimum atomic E-state index is -0.431. The predicted molar refractivity (Wildman–Crippen MR) is 118 cm³/mol. The molecule has 2 amide bonds. The van der Waals surface area contributed by atoms with Crippen molar-refractivity contribution in [3.63, 3.8) is 0 Å². The zero-order valence-corrected chi connectivity index (χ0v) is 17.7. The quantitative estimate of drug-likeness (QED) is 0.601. The molecule has 2 aliphatic heterocycles. The van der Waals surface area contributed by atoms with Gasteiger partial charge in [0.1, 0.15) is 12.1 Å². The van der Waals surface area contributed by atoms with Crippen LogP contribution in [0.25, 0.3) is 6.08 Å². The van der Waals surface area contributed by atoms with E-state index in [0.717, 1.165) is 30.5 Å². The standard InChI is InChI=1S/C19H22N8O3S/c1-25(6-7-28)16-9-13(8-15-17(29)24-19(30)31-15)22-18(23-16)27-4-2-26(3-5-27)14-10-20-12-21-11-14/h8-12,28H,2-7H2,1H3,(H,24,29,30)/b15-8-. The number of rotatable bonds is 6. The maximum absolute atomic E-state index is 11.9. The molecular weight excluding hydrogens is 420 g/mol. The number of amides is 2. The van der Waals surface area contributed by atoms with Crippen LogP contribution in [-0.2, 0) is 4.79 Å². The molecule has 2 N–H and O–H groups in total. The van der Waals surface area contributed by atoms with E-state index >= 15 is 0 Å². The number of hydrogen-bond acceptors (Lipinski definition) is 11. The Hall–Kier alpha value is -3.25. The fraction of sp³-hybridized carbons (Fsp3) is 0.368. The fourth-order valence-corrected chi connectivity index (χ4v) is 3.96. The lowest BCUT2D eigenvalue weighted by Crippen LogP contribution is -2.47. The Balaban J connectivity index is 1.58. The molecule has 31 heavy (non-hydrogen) atoms. The summed E-state index contributed by atoms with van der Waals surface area (Å²) in [7, 11) is 1.83. The van der Waals surface area contributed by atoms with Crippen LogP contribution in [0.1, 0.15) is 5.69 Å². The van der Waals surface area contributed by atoms with Gasteiger partial charge in [0.15, 0.2) is 0 Å². The van der Waals surface area contributed by atoms with Gasteiger partial charge in [-0.15, -0.1) is 0 Å². The number of piperazine rings is 1. The van der Waals surface area contributed by atoms with Crippen LogP contribution >= 0.6 is 11.8 Å². The summed E-state index contributed by atoms with van der Waals surface area (Å²) in [4.78, 5) is 47.2. The number of thioether (sulfide) groups is 1. The molecule has 0 unspecified atom stereocenters. The summed E-state index contributed by atoms with van der Waals surface area (Å²) in [5, 5.41) is 11.1. The van der Waals surface area contributed by atoms with E-state index < -0.39 is 11.1 Å². The van der Waals surface area contributed by atoms with Crippen LogP contribution in [0.5, 0.6) is 0 Å². The number of aliphatic hydroxyl groups excluding tert-OH is 1. The first kappa shape index (κ1) is 21.0. The molecular formula is C19H22N8O3S. The third-order valence-electron chi connectivity index (χ3n) is 4.94. The van der Waals surface area contributed by atoms with E-state index in [1.165, 1.54) is 6.33 Å². The van der Waals surface area contributed by atoms with Crippen molar-refractivity contribution < 1.29 is 14.7 Å². The summed E-state index contributed by atoms with van der Waals surface area (Å²) in [6.07, 6.45) is 6.68. The third kappa shape index (κ3) is 4.91. The Morgan fingerprint density at radius 1 is 1.16 bits per heavy atom. The van der Waals surface area contributed by atoms with Gasteiger partial charge in [0.2, 0.25) is 5.95 Å². The van der Waals surface area contributed by atoms with E-state index in [1.54, 1.807) is 24.5 Å². The number of aromatic nitrogens is 4. The van der Waals surface area contributed by atoms with Gasteiger partial charge in [-0.2, -0.15) is 4.98 Å². The van der Waals surface area contributed by atoms with Gasteiger partial charge in [0.05, 0.1) is 35.3 Å². The van der Waals surface area contributed by atoms with Gasteiger partial charge < -0.3 is 19.8 Å². The highest BCUT2D eigenvalue weighted by molar-refractivity contribution is 8.18. The maximum atomic E-state index is 11.9. The first-order valence-electron chi connectivity index (χ1n) is 9.74. The second-order valence-corrected chi connectivity index (χ2v) is 8.03.